The molecule has 1 amide bonds. The molecule has 1 fully saturated rings. The minimum atomic E-state index is -0.461. The molecule has 1 aliphatic heterocycles. The summed E-state index contributed by atoms with van der Waals surface area (Å²) in [6.45, 7) is 0.485. The maximum absolute atomic E-state index is 11.3. The third-order valence-electron chi connectivity index (χ3n) is 2.87. The SMILES string of the molecule is O=C1CC(CO)(c2ccccc2Br)CN1. The molecule has 0 bridgehead atoms. The van der Waals surface area contributed by atoms with Crippen LogP contribution in [0.3, 0.4) is 0 Å². The molecule has 1 aliphatic rings. The van der Waals surface area contributed by atoms with E-state index in [1.165, 1.54) is 0 Å². The van der Waals surface area contributed by atoms with E-state index in [4.69, 9.17) is 0 Å². The van der Waals surface area contributed by atoms with Crippen molar-refractivity contribution < 1.29 is 9.90 Å². The van der Waals surface area contributed by atoms with E-state index < -0.39 is 5.41 Å². The van der Waals surface area contributed by atoms with Crippen LogP contribution >= 0.6 is 15.9 Å². The van der Waals surface area contributed by atoms with Gasteiger partial charge >= 0.3 is 0 Å². The van der Waals surface area contributed by atoms with Crippen molar-refractivity contribution in [3.63, 3.8) is 0 Å². The monoisotopic (exact) mass is 269 g/mol. The number of aliphatic hydroxyl groups is 1. The lowest BCUT2D eigenvalue weighted by molar-refractivity contribution is -0.119. The number of hydrogen-bond donors (Lipinski definition) is 2. The van der Waals surface area contributed by atoms with Gasteiger partial charge in [-0.05, 0) is 11.6 Å². The van der Waals surface area contributed by atoms with Gasteiger partial charge in [0, 0.05) is 22.9 Å². The van der Waals surface area contributed by atoms with E-state index in [0.717, 1.165) is 10.0 Å². The zero-order valence-corrected chi connectivity index (χ0v) is 9.75. The van der Waals surface area contributed by atoms with Crippen LogP contribution in [0.25, 0.3) is 0 Å². The molecular weight excluding hydrogens is 258 g/mol. The number of halogens is 1. The van der Waals surface area contributed by atoms with Crippen LogP contribution in [0.4, 0.5) is 0 Å². The van der Waals surface area contributed by atoms with Crippen LogP contribution in [0.15, 0.2) is 28.7 Å². The van der Waals surface area contributed by atoms with Crippen molar-refractivity contribution in [2.75, 3.05) is 13.2 Å². The second-order valence-electron chi connectivity index (χ2n) is 3.87. The first kappa shape index (κ1) is 10.6. The standard InChI is InChI=1S/C11H12BrNO2/c12-9-4-2-1-3-8(9)11(7-14)5-10(15)13-6-11/h1-4,14H,5-7H2,(H,13,15). The lowest BCUT2D eigenvalue weighted by Gasteiger charge is -2.26. The van der Waals surface area contributed by atoms with Gasteiger partial charge in [0.2, 0.25) is 5.91 Å². The lowest BCUT2D eigenvalue weighted by Crippen LogP contribution is -2.33. The number of benzene rings is 1. The fourth-order valence-electron chi connectivity index (χ4n) is 1.98. The Morgan fingerprint density at radius 1 is 1.47 bits per heavy atom. The average Bonchev–Trinajstić information content (AvgIpc) is 2.62. The minimum Gasteiger partial charge on any atom is -0.395 e. The molecule has 1 aromatic carbocycles. The zero-order valence-electron chi connectivity index (χ0n) is 8.16. The number of aliphatic hydroxyl groups excluding tert-OH is 1. The Morgan fingerprint density at radius 2 is 2.20 bits per heavy atom. The van der Waals surface area contributed by atoms with Gasteiger partial charge in [-0.15, -0.1) is 0 Å². The number of amides is 1. The molecule has 3 nitrogen and oxygen atoms in total. The summed E-state index contributed by atoms with van der Waals surface area (Å²) < 4.78 is 0.940. The fourth-order valence-corrected chi connectivity index (χ4v) is 2.68. The van der Waals surface area contributed by atoms with E-state index >= 15 is 0 Å². The number of carbonyl (C=O) groups excluding carboxylic acids is 1. The smallest absolute Gasteiger partial charge is 0.221 e. The zero-order chi connectivity index (χ0) is 10.9. The summed E-state index contributed by atoms with van der Waals surface area (Å²) in [5, 5.41) is 12.3. The molecule has 4 heteroatoms. The van der Waals surface area contributed by atoms with Crippen molar-refractivity contribution in [3.8, 4) is 0 Å². The number of carbonyl (C=O) groups is 1. The Bertz CT molecular complexity index is 394. The number of nitrogens with one attached hydrogen (secondary N) is 1. The predicted octanol–water partition coefficient (Wildman–Crippen LogP) is 1.20. The van der Waals surface area contributed by atoms with Crippen LogP contribution in [0.1, 0.15) is 12.0 Å². The van der Waals surface area contributed by atoms with Crippen molar-refractivity contribution in [2.24, 2.45) is 0 Å². The predicted molar refractivity (Wildman–Crippen MR) is 60.5 cm³/mol. The molecule has 1 atom stereocenters. The highest BCUT2D eigenvalue weighted by molar-refractivity contribution is 9.10. The Labute approximate surface area is 96.6 Å². The van der Waals surface area contributed by atoms with Gasteiger partial charge in [0.1, 0.15) is 0 Å². The van der Waals surface area contributed by atoms with Gasteiger partial charge in [0.25, 0.3) is 0 Å². The van der Waals surface area contributed by atoms with Crippen molar-refractivity contribution >= 4 is 21.8 Å². The molecule has 80 valence electrons. The summed E-state index contributed by atoms with van der Waals surface area (Å²) in [4.78, 5) is 11.3. The van der Waals surface area contributed by atoms with E-state index in [2.05, 4.69) is 21.2 Å². The molecule has 1 aromatic rings. The first-order valence-corrected chi connectivity index (χ1v) is 5.60. The molecule has 15 heavy (non-hydrogen) atoms. The third-order valence-corrected chi connectivity index (χ3v) is 3.56. The molecule has 0 aromatic heterocycles. The third kappa shape index (κ3) is 1.79. The highest BCUT2D eigenvalue weighted by Gasteiger charge is 2.40. The number of rotatable bonds is 2. The summed E-state index contributed by atoms with van der Waals surface area (Å²) in [7, 11) is 0. The first-order valence-electron chi connectivity index (χ1n) is 4.80. The molecule has 0 radical (unpaired) electrons. The Kier molecular flexibility index (Phi) is 2.80. The molecule has 0 saturated carbocycles. The topological polar surface area (TPSA) is 49.3 Å². The van der Waals surface area contributed by atoms with E-state index in [0.29, 0.717) is 13.0 Å². The van der Waals surface area contributed by atoms with Crippen LogP contribution in [0, 0.1) is 0 Å². The lowest BCUT2D eigenvalue weighted by atomic mass is 9.80. The summed E-state index contributed by atoms with van der Waals surface area (Å²) >= 11 is 3.45. The van der Waals surface area contributed by atoms with Crippen LogP contribution in [-0.4, -0.2) is 24.2 Å². The van der Waals surface area contributed by atoms with Gasteiger partial charge in [-0.25, -0.2) is 0 Å². The van der Waals surface area contributed by atoms with E-state index in [1.807, 2.05) is 24.3 Å². The van der Waals surface area contributed by atoms with E-state index in [1.54, 1.807) is 0 Å². The van der Waals surface area contributed by atoms with Gasteiger partial charge in [-0.2, -0.15) is 0 Å². The van der Waals surface area contributed by atoms with Crippen LogP contribution < -0.4 is 5.32 Å². The minimum absolute atomic E-state index is 0.000182. The molecule has 1 heterocycles. The van der Waals surface area contributed by atoms with Crippen molar-refractivity contribution in [2.45, 2.75) is 11.8 Å². The number of hydrogen-bond acceptors (Lipinski definition) is 2. The fraction of sp³-hybridized carbons (Fsp3) is 0.364. The summed E-state index contributed by atoms with van der Waals surface area (Å²) in [5.41, 5.74) is 0.530. The maximum Gasteiger partial charge on any atom is 0.221 e. The van der Waals surface area contributed by atoms with Crippen molar-refractivity contribution in [1.82, 2.24) is 5.32 Å². The first-order chi connectivity index (χ1) is 7.18. The van der Waals surface area contributed by atoms with Gasteiger partial charge in [0.05, 0.1) is 6.61 Å². The summed E-state index contributed by atoms with van der Waals surface area (Å²) in [6.07, 6.45) is 0.353. The second-order valence-corrected chi connectivity index (χ2v) is 4.73. The molecule has 0 spiro atoms. The largest absolute Gasteiger partial charge is 0.395 e. The summed E-state index contributed by atoms with van der Waals surface area (Å²) in [6, 6.07) is 7.71. The van der Waals surface area contributed by atoms with Crippen LogP contribution in [0.2, 0.25) is 0 Å². The normalized spacial score (nSPS) is 25.3. The van der Waals surface area contributed by atoms with Gasteiger partial charge in [-0.3, -0.25) is 4.79 Å². The van der Waals surface area contributed by atoms with E-state index in [-0.39, 0.29) is 12.5 Å². The van der Waals surface area contributed by atoms with Crippen molar-refractivity contribution in [3.05, 3.63) is 34.3 Å². The average molecular weight is 270 g/mol. The molecule has 2 N–H and O–H groups in total. The van der Waals surface area contributed by atoms with Crippen LogP contribution in [-0.2, 0) is 10.2 Å². The van der Waals surface area contributed by atoms with Gasteiger partial charge in [-0.1, -0.05) is 34.1 Å². The molecular formula is C11H12BrNO2. The molecule has 1 unspecified atom stereocenters. The Morgan fingerprint density at radius 3 is 2.73 bits per heavy atom. The summed E-state index contributed by atoms with van der Waals surface area (Å²) in [5.74, 6) is -0.000182. The quantitative estimate of drug-likeness (QED) is 0.848. The van der Waals surface area contributed by atoms with E-state index in [9.17, 15) is 9.90 Å². The Balaban J connectivity index is 2.43. The van der Waals surface area contributed by atoms with Crippen LogP contribution in [0.5, 0.6) is 0 Å². The van der Waals surface area contributed by atoms with Gasteiger partial charge < -0.3 is 10.4 Å². The molecule has 2 rings (SSSR count). The molecule has 1 saturated heterocycles. The van der Waals surface area contributed by atoms with Crippen molar-refractivity contribution in [1.29, 1.82) is 0 Å². The second kappa shape index (κ2) is 3.94. The highest BCUT2D eigenvalue weighted by Crippen LogP contribution is 2.35. The molecule has 0 aliphatic carbocycles. The maximum atomic E-state index is 11.3. The Hall–Kier alpha value is -0.870. The van der Waals surface area contributed by atoms with Gasteiger partial charge in [0.15, 0.2) is 0 Å². The highest BCUT2D eigenvalue weighted by atomic mass is 79.9.